The second-order valence-corrected chi connectivity index (χ2v) is 5.28. The minimum Gasteiger partial charge on any atom is -0.497 e. The van der Waals surface area contributed by atoms with Crippen molar-refractivity contribution in [3.05, 3.63) is 62.2 Å². The van der Waals surface area contributed by atoms with Crippen LogP contribution in [0.4, 0.5) is 0 Å². The fourth-order valence-electron chi connectivity index (χ4n) is 1.57. The van der Waals surface area contributed by atoms with Gasteiger partial charge in [0.1, 0.15) is 5.75 Å². The molecule has 2 aromatic carbocycles. The van der Waals surface area contributed by atoms with Crippen molar-refractivity contribution in [3.8, 4) is 5.75 Å². The monoisotopic (exact) mass is 372 g/mol. The SMILES string of the molecule is COc1ccc(C(=O)c2cc(Cl)ccc2I)cc1. The number of methoxy groups -OCH3 is 1. The van der Waals surface area contributed by atoms with Crippen molar-refractivity contribution in [1.82, 2.24) is 0 Å². The summed E-state index contributed by atoms with van der Waals surface area (Å²) in [5, 5.41) is 0.562. The predicted molar refractivity (Wildman–Crippen MR) is 80.6 cm³/mol. The van der Waals surface area contributed by atoms with Gasteiger partial charge in [-0.2, -0.15) is 0 Å². The van der Waals surface area contributed by atoms with E-state index in [0.717, 1.165) is 9.32 Å². The van der Waals surface area contributed by atoms with Gasteiger partial charge in [-0.15, -0.1) is 0 Å². The Bertz CT molecular complexity index is 579. The van der Waals surface area contributed by atoms with Crippen molar-refractivity contribution in [2.75, 3.05) is 7.11 Å². The van der Waals surface area contributed by atoms with E-state index in [0.29, 0.717) is 16.1 Å². The molecule has 18 heavy (non-hydrogen) atoms. The summed E-state index contributed by atoms with van der Waals surface area (Å²) in [6.07, 6.45) is 0. The second kappa shape index (κ2) is 5.71. The molecule has 0 radical (unpaired) electrons. The van der Waals surface area contributed by atoms with Crippen molar-refractivity contribution in [2.45, 2.75) is 0 Å². The molecule has 2 rings (SSSR count). The number of halogens is 2. The minimum absolute atomic E-state index is 0.0375. The summed E-state index contributed by atoms with van der Waals surface area (Å²) in [6, 6.07) is 12.3. The van der Waals surface area contributed by atoms with E-state index in [2.05, 4.69) is 22.6 Å². The molecule has 0 aromatic heterocycles. The molecule has 2 nitrogen and oxygen atoms in total. The molecule has 0 amide bonds. The molecule has 0 fully saturated rings. The number of benzene rings is 2. The summed E-state index contributed by atoms with van der Waals surface area (Å²) in [5.74, 6) is 0.692. The summed E-state index contributed by atoms with van der Waals surface area (Å²) < 4.78 is 5.95. The fraction of sp³-hybridized carbons (Fsp3) is 0.0714. The molecule has 2 aromatic rings. The summed E-state index contributed by atoms with van der Waals surface area (Å²) in [6.45, 7) is 0. The smallest absolute Gasteiger partial charge is 0.194 e. The Labute approximate surface area is 124 Å². The first-order valence-corrected chi connectivity index (χ1v) is 6.71. The molecule has 0 heterocycles. The van der Waals surface area contributed by atoms with Crippen LogP contribution in [0, 0.1) is 3.57 Å². The lowest BCUT2D eigenvalue weighted by molar-refractivity contribution is 0.103. The molecule has 0 bridgehead atoms. The van der Waals surface area contributed by atoms with Gasteiger partial charge >= 0.3 is 0 Å². The third kappa shape index (κ3) is 2.84. The quantitative estimate of drug-likeness (QED) is 0.597. The summed E-state index contributed by atoms with van der Waals surface area (Å²) in [5.41, 5.74) is 1.24. The largest absolute Gasteiger partial charge is 0.497 e. The molecular weight excluding hydrogens is 363 g/mol. The Morgan fingerprint density at radius 2 is 1.83 bits per heavy atom. The minimum atomic E-state index is -0.0375. The zero-order chi connectivity index (χ0) is 13.1. The third-order valence-corrected chi connectivity index (χ3v) is 3.70. The maximum Gasteiger partial charge on any atom is 0.194 e. The molecule has 0 N–H and O–H groups in total. The number of rotatable bonds is 3. The van der Waals surface area contributed by atoms with Gasteiger partial charge in [0.25, 0.3) is 0 Å². The first kappa shape index (κ1) is 13.4. The number of carbonyl (C=O) groups is 1. The third-order valence-electron chi connectivity index (χ3n) is 2.53. The molecule has 0 aliphatic rings. The van der Waals surface area contributed by atoms with Gasteiger partial charge in [-0.1, -0.05) is 11.6 Å². The molecule has 0 spiro atoms. The second-order valence-electron chi connectivity index (χ2n) is 3.68. The van der Waals surface area contributed by atoms with E-state index in [1.165, 1.54) is 0 Å². The average molecular weight is 373 g/mol. The number of ether oxygens (including phenoxy) is 1. The van der Waals surface area contributed by atoms with Crippen molar-refractivity contribution >= 4 is 40.0 Å². The average Bonchev–Trinajstić information content (AvgIpc) is 2.41. The zero-order valence-corrected chi connectivity index (χ0v) is 12.5. The van der Waals surface area contributed by atoms with Gasteiger partial charge in [-0.3, -0.25) is 4.79 Å². The molecule has 4 heteroatoms. The van der Waals surface area contributed by atoms with E-state index in [1.807, 2.05) is 6.07 Å². The van der Waals surface area contributed by atoms with Gasteiger partial charge < -0.3 is 4.74 Å². The number of hydrogen-bond acceptors (Lipinski definition) is 2. The van der Waals surface area contributed by atoms with Gasteiger partial charge in [0.05, 0.1) is 7.11 Å². The first-order chi connectivity index (χ1) is 8.61. The molecular formula is C14H10ClIO2. The van der Waals surface area contributed by atoms with Crippen LogP contribution < -0.4 is 4.74 Å². The van der Waals surface area contributed by atoms with Crippen molar-refractivity contribution in [2.24, 2.45) is 0 Å². The first-order valence-electron chi connectivity index (χ1n) is 5.25. The lowest BCUT2D eigenvalue weighted by atomic mass is 10.0. The van der Waals surface area contributed by atoms with Gasteiger partial charge in [-0.25, -0.2) is 0 Å². The molecule has 0 aliphatic carbocycles. The van der Waals surface area contributed by atoms with Crippen LogP contribution >= 0.6 is 34.2 Å². The van der Waals surface area contributed by atoms with Gasteiger partial charge in [0.15, 0.2) is 5.78 Å². The molecule has 0 atom stereocenters. The number of hydrogen-bond donors (Lipinski definition) is 0. The molecule has 0 aliphatic heterocycles. The zero-order valence-electron chi connectivity index (χ0n) is 9.61. The summed E-state index contributed by atoms with van der Waals surface area (Å²) in [4.78, 5) is 12.3. The van der Waals surface area contributed by atoms with Gasteiger partial charge in [0, 0.05) is 19.7 Å². The predicted octanol–water partition coefficient (Wildman–Crippen LogP) is 4.18. The summed E-state index contributed by atoms with van der Waals surface area (Å²) in [7, 11) is 1.59. The lowest BCUT2D eigenvalue weighted by Gasteiger charge is -2.05. The van der Waals surface area contributed by atoms with Crippen LogP contribution in [0.5, 0.6) is 5.75 Å². The van der Waals surface area contributed by atoms with Crippen LogP contribution in [-0.2, 0) is 0 Å². The van der Waals surface area contributed by atoms with Crippen LogP contribution in [0.3, 0.4) is 0 Å². The van der Waals surface area contributed by atoms with E-state index in [4.69, 9.17) is 16.3 Å². The van der Waals surface area contributed by atoms with Gasteiger partial charge in [-0.05, 0) is 65.1 Å². The topological polar surface area (TPSA) is 26.3 Å². The highest BCUT2D eigenvalue weighted by Crippen LogP contribution is 2.22. The van der Waals surface area contributed by atoms with E-state index in [9.17, 15) is 4.79 Å². The van der Waals surface area contributed by atoms with E-state index in [1.54, 1.807) is 43.5 Å². The molecule has 0 unspecified atom stereocenters. The van der Waals surface area contributed by atoms with Crippen LogP contribution in [-0.4, -0.2) is 12.9 Å². The summed E-state index contributed by atoms with van der Waals surface area (Å²) >= 11 is 8.05. The van der Waals surface area contributed by atoms with Crippen molar-refractivity contribution in [3.63, 3.8) is 0 Å². The Hall–Kier alpha value is -1.07. The van der Waals surface area contributed by atoms with E-state index < -0.39 is 0 Å². The Balaban J connectivity index is 2.38. The maximum atomic E-state index is 12.3. The Morgan fingerprint density at radius 3 is 2.44 bits per heavy atom. The Morgan fingerprint density at radius 1 is 1.17 bits per heavy atom. The number of ketones is 1. The maximum absolute atomic E-state index is 12.3. The van der Waals surface area contributed by atoms with Gasteiger partial charge in [0.2, 0.25) is 0 Å². The Kier molecular flexibility index (Phi) is 4.24. The lowest BCUT2D eigenvalue weighted by Crippen LogP contribution is -2.03. The number of carbonyl (C=O) groups excluding carboxylic acids is 1. The molecule has 0 saturated carbocycles. The van der Waals surface area contributed by atoms with E-state index >= 15 is 0 Å². The normalized spacial score (nSPS) is 10.2. The van der Waals surface area contributed by atoms with Crippen LogP contribution in [0.25, 0.3) is 0 Å². The van der Waals surface area contributed by atoms with Crippen molar-refractivity contribution in [1.29, 1.82) is 0 Å². The standard InChI is InChI=1S/C14H10ClIO2/c1-18-11-5-2-9(3-6-11)14(17)12-8-10(15)4-7-13(12)16/h2-8H,1H3. The van der Waals surface area contributed by atoms with E-state index in [-0.39, 0.29) is 5.78 Å². The molecule has 0 saturated heterocycles. The molecule has 92 valence electrons. The fourth-order valence-corrected chi connectivity index (χ4v) is 2.32. The van der Waals surface area contributed by atoms with Crippen molar-refractivity contribution < 1.29 is 9.53 Å². The highest BCUT2D eigenvalue weighted by Gasteiger charge is 2.13. The highest BCUT2D eigenvalue weighted by atomic mass is 127. The van der Waals surface area contributed by atoms with Crippen LogP contribution in [0.15, 0.2) is 42.5 Å². The van der Waals surface area contributed by atoms with Crippen LogP contribution in [0.1, 0.15) is 15.9 Å². The highest BCUT2D eigenvalue weighted by molar-refractivity contribution is 14.1. The van der Waals surface area contributed by atoms with Crippen LogP contribution in [0.2, 0.25) is 5.02 Å².